The number of rotatable bonds is 0. The molecule has 465 valence electrons. The molecule has 98 heavy (non-hydrogen) atoms. The number of nitrogens with zero attached hydrogens (tertiary/aromatic N) is 1. The van der Waals surface area contributed by atoms with Gasteiger partial charge in [0.05, 0.1) is 0 Å². The van der Waals surface area contributed by atoms with E-state index >= 15 is 0 Å². The molecule has 0 N–H and O–H groups in total. The second-order valence-electron chi connectivity index (χ2n) is 25.4. The van der Waals surface area contributed by atoms with Gasteiger partial charge in [-0.05, 0) is 264 Å². The van der Waals surface area contributed by atoms with E-state index in [0.29, 0.717) is 0 Å². The molecule has 1 radical (unpaired) electrons. The van der Waals surface area contributed by atoms with Crippen molar-refractivity contribution in [1.29, 1.82) is 0 Å². The van der Waals surface area contributed by atoms with Crippen molar-refractivity contribution in [2.75, 3.05) is 0 Å². The summed E-state index contributed by atoms with van der Waals surface area (Å²) < 4.78 is 8.55. The summed E-state index contributed by atoms with van der Waals surface area (Å²) in [5.74, 6) is 0. The third-order valence-electron chi connectivity index (χ3n) is 20.4. The average molecular weight is 1500 g/mol. The average Bonchev–Trinajstić information content (AvgIpc) is 0.734. The first-order valence-electron chi connectivity index (χ1n) is 31.8. The molecule has 0 bridgehead atoms. The Morgan fingerprint density at radius 1 is 0.194 bits per heavy atom. The Kier molecular flexibility index (Phi) is 15.3. The summed E-state index contributed by atoms with van der Waals surface area (Å²) >= 11 is 1.17. The molecule has 0 aliphatic rings. The smallest absolute Gasteiger partial charge is 0.00141 e. The summed E-state index contributed by atoms with van der Waals surface area (Å²) in [6, 6.07) is 108. The van der Waals surface area contributed by atoms with Gasteiger partial charge in [-0.3, -0.25) is 0 Å². The topological polar surface area (TPSA) is 117 Å². The molecule has 24 aromatic carbocycles. The zero-order chi connectivity index (χ0) is 63.5. The molecule has 10 heteroatoms. The van der Waals surface area contributed by atoms with Crippen LogP contribution in [0.25, 0.3) is 222 Å². The maximum absolute atomic E-state index is 8.55. The van der Waals surface area contributed by atoms with Gasteiger partial charge >= 0.3 is 44.9 Å². The van der Waals surface area contributed by atoms with E-state index in [1.165, 1.54) is 233 Å². The molecule has 0 aromatic heterocycles. The Labute approximate surface area is 584 Å². The molecule has 24 aromatic rings. The van der Waals surface area contributed by atoms with Crippen LogP contribution >= 0.6 is 17.6 Å². The fourth-order valence-electron chi connectivity index (χ4n) is 16.8. The minimum atomic E-state index is -5.39. The van der Waals surface area contributed by atoms with Crippen LogP contribution in [0.2, 0.25) is 0 Å². The van der Waals surface area contributed by atoms with E-state index in [4.69, 9.17) is 19.2 Å². The summed E-state index contributed by atoms with van der Waals surface area (Å²) in [5.41, 5.74) is 0. The van der Waals surface area contributed by atoms with E-state index in [0.717, 1.165) is 0 Å². The van der Waals surface area contributed by atoms with Crippen molar-refractivity contribution in [3.63, 3.8) is 0 Å². The number of hydrogen-bond acceptors (Lipinski definition) is 5. The van der Waals surface area contributed by atoms with Crippen molar-refractivity contribution in [1.82, 2.24) is 0 Å². The van der Waals surface area contributed by atoms with E-state index in [1.54, 1.807) is 0 Å². The van der Waals surface area contributed by atoms with E-state index in [9.17, 15) is 0 Å². The Morgan fingerprint density at radius 3 is 0.388 bits per heavy atom. The third-order valence-corrected chi connectivity index (χ3v) is 20.4. The van der Waals surface area contributed by atoms with Crippen molar-refractivity contribution in [2.24, 2.45) is 0 Å². The van der Waals surface area contributed by atoms with Crippen molar-refractivity contribution >= 4 is 233 Å². The zero-order valence-electron chi connectivity index (χ0n) is 51.8. The van der Waals surface area contributed by atoms with Gasteiger partial charge in [-0.15, -0.1) is 0 Å². The maximum Gasteiger partial charge on any atom is -0.00141 e. The third kappa shape index (κ3) is 9.63. The Bertz CT molecular complexity index is 5930. The SMILES string of the molecule is O=P([O-])([O-])[O-].[F-].[Mn+2].[N-3].[S]=[W].c1cc2ccc3cc4cccc5ccc6cc(c1)c2c3c6c54.c1cc2ccc3cc4cccc5ccc6cc(c1)c2c3c6c54.c1cc2ccc3cc4cccc5ccc6cc(c1)c2c3c6c54.c1cc2ccc3cc4cccc5ccc6cc(c1)c2c3c6c54. The summed E-state index contributed by atoms with van der Waals surface area (Å²) in [7, 11) is -1.22. The van der Waals surface area contributed by atoms with Gasteiger partial charge in [0.25, 0.3) is 0 Å². The van der Waals surface area contributed by atoms with Crippen LogP contribution in [-0.4, -0.2) is 0 Å². The summed E-state index contributed by atoms with van der Waals surface area (Å²) in [5, 5.41) is 54.9. The van der Waals surface area contributed by atoms with Gasteiger partial charge in [-0.2, -0.15) is 7.82 Å². The number of halogens is 1. The zero-order valence-corrected chi connectivity index (χ0v) is 57.6. The first kappa shape index (κ1) is 62.8. The molecule has 0 saturated heterocycles. The largest absolute Gasteiger partial charge is 0.0610 e. The first-order chi connectivity index (χ1) is 46.6. The minimum absolute atomic E-state index is 0. The molecule has 24 rings (SSSR count). The van der Waals surface area contributed by atoms with Crippen molar-refractivity contribution in [2.45, 2.75) is 0 Å². The van der Waals surface area contributed by atoms with Gasteiger partial charge in [0.2, 0.25) is 0 Å². The van der Waals surface area contributed by atoms with E-state index in [1.807, 2.05) is 0 Å². The number of phosphoric acid groups is 1. The van der Waals surface area contributed by atoms with E-state index in [2.05, 4.69) is 301 Å². The van der Waals surface area contributed by atoms with Crippen LogP contribution in [0.5, 0.6) is 0 Å². The van der Waals surface area contributed by atoms with Crippen molar-refractivity contribution < 1.29 is 59.0 Å². The van der Waals surface area contributed by atoms with Gasteiger partial charge in [-0.25, -0.2) is 0 Å². The normalized spacial score (nSPS) is 11.9. The maximum atomic E-state index is 8.55. The fourth-order valence-corrected chi connectivity index (χ4v) is 16.8. The molecule has 5 nitrogen and oxygen atoms in total. The number of benzene rings is 24. The Morgan fingerprint density at radius 2 is 0.276 bits per heavy atom. The van der Waals surface area contributed by atoms with Gasteiger partial charge < -0.3 is 30.1 Å². The van der Waals surface area contributed by atoms with Gasteiger partial charge in [0, 0.05) is 0 Å². The molecule has 0 heterocycles. The quantitative estimate of drug-likeness (QED) is 0.0649. The second-order valence-corrected chi connectivity index (χ2v) is 26.3. The molecule has 0 atom stereocenters. The van der Waals surface area contributed by atoms with Crippen LogP contribution in [0.1, 0.15) is 0 Å². The standard InChI is InChI=1S/4C22H12.FH.Mn.N.H3O4P.S.W/c4*1-3-13-7-9-18-12-16-6-2-4-14-8-10-17-11-15(5-1)19(13)21(18)22(17)20(14)16;;;;1-5(2,3)4;;/h4*1-12H;1H;;;(H3,1,2,3,4);;/q;;;;;+2;-3;;;/p-4. The van der Waals surface area contributed by atoms with Crippen LogP contribution in [0.15, 0.2) is 291 Å². The molecule has 0 spiro atoms. The molecule has 0 aliphatic carbocycles. The first-order valence-corrected chi connectivity index (χ1v) is 37.1. The van der Waals surface area contributed by atoms with Crippen LogP contribution < -0.4 is 19.4 Å². The monoisotopic (exact) mass is 1500 g/mol. The van der Waals surface area contributed by atoms with Crippen LogP contribution in [-0.2, 0) is 39.6 Å². The van der Waals surface area contributed by atoms with Crippen molar-refractivity contribution in [3.05, 3.63) is 297 Å². The van der Waals surface area contributed by atoms with Gasteiger partial charge in [-0.1, -0.05) is 243 Å². The van der Waals surface area contributed by atoms with E-state index < -0.39 is 7.82 Å². The van der Waals surface area contributed by atoms with Crippen LogP contribution in [0.3, 0.4) is 0 Å². The van der Waals surface area contributed by atoms with Crippen molar-refractivity contribution in [3.8, 4) is 0 Å². The predicted octanol–water partition coefficient (Wildman–Crippen LogP) is 20.4. The van der Waals surface area contributed by atoms with Crippen LogP contribution in [0.4, 0.5) is 0 Å². The molecule has 0 amide bonds. The molecular formula is C88H48FMnNO4PSW-5. The summed E-state index contributed by atoms with van der Waals surface area (Å²) in [6.45, 7) is 0. The molecule has 0 saturated carbocycles. The number of hydrogen-bond donors (Lipinski definition) is 0. The summed E-state index contributed by atoms with van der Waals surface area (Å²) in [4.78, 5) is 25.6. The molecule has 0 fully saturated rings. The molecule has 0 aliphatic heterocycles. The van der Waals surface area contributed by atoms with E-state index in [-0.39, 0.29) is 27.9 Å². The molecular weight excluding hydrogens is 1460 g/mol. The summed E-state index contributed by atoms with van der Waals surface area (Å²) in [6.07, 6.45) is 0. The Hall–Kier alpha value is -10.0. The predicted molar refractivity (Wildman–Crippen MR) is 404 cm³/mol. The Balaban J connectivity index is 0.0000000980. The van der Waals surface area contributed by atoms with Crippen LogP contribution in [0, 0.1) is 0 Å². The fraction of sp³-hybridized carbons (Fsp3) is 0. The van der Waals surface area contributed by atoms with Gasteiger partial charge in [0.1, 0.15) is 0 Å². The molecule has 0 unspecified atom stereocenters. The second kappa shape index (κ2) is 23.9. The van der Waals surface area contributed by atoms with Gasteiger partial charge in [0.15, 0.2) is 0 Å². The minimum Gasteiger partial charge on any atom is -0.0610 e.